The van der Waals surface area contributed by atoms with Gasteiger partial charge in [-0.3, -0.25) is 15.0 Å². The Morgan fingerprint density at radius 2 is 1.29 bits per heavy atom. The van der Waals surface area contributed by atoms with E-state index in [2.05, 4.69) is 73.2 Å². The molecule has 20 heteroatoms. The summed E-state index contributed by atoms with van der Waals surface area (Å²) >= 11 is 5.39. The molecule has 0 atom stereocenters. The Kier molecular flexibility index (Phi) is 17.1. The predicted octanol–water partition coefficient (Wildman–Crippen LogP) is 8.43. The van der Waals surface area contributed by atoms with Crippen LogP contribution in [0.2, 0.25) is 0 Å². The van der Waals surface area contributed by atoms with Gasteiger partial charge in [-0.1, -0.05) is 31.8 Å². The number of halogens is 3. The first kappa shape index (κ1) is 46.3. The number of aromatic carboxylic acids is 3. The van der Waals surface area contributed by atoms with E-state index in [-0.39, 0.29) is 64.6 Å². The molecule has 0 saturated heterocycles. The van der Waals surface area contributed by atoms with Crippen molar-refractivity contribution in [2.24, 2.45) is 0 Å². The first-order valence-electron chi connectivity index (χ1n) is 16.7. The zero-order valence-electron chi connectivity index (χ0n) is 30.4. The predicted molar refractivity (Wildman–Crippen MR) is 209 cm³/mol. The van der Waals surface area contributed by atoms with Crippen molar-refractivity contribution in [3.63, 3.8) is 0 Å². The van der Waals surface area contributed by atoms with Crippen LogP contribution in [0.3, 0.4) is 0 Å². The van der Waals surface area contributed by atoms with Gasteiger partial charge in [-0.15, -0.1) is 11.3 Å². The fourth-order valence-electron chi connectivity index (χ4n) is 5.10. The fraction of sp³-hybridized carbons (Fsp3) is 0.184. The molecular formula is C38H31F3N8O6RuS2. The minimum absolute atomic E-state index is 0. The van der Waals surface area contributed by atoms with Gasteiger partial charge in [0.15, 0.2) is 0 Å². The molecule has 3 N–H and O–H groups in total. The summed E-state index contributed by atoms with van der Waals surface area (Å²) in [4.78, 5) is 53.8. The van der Waals surface area contributed by atoms with Crippen molar-refractivity contribution in [3.8, 4) is 44.6 Å². The summed E-state index contributed by atoms with van der Waals surface area (Å²) in [5.41, 5.74) is 0.796. The molecule has 6 aromatic rings. The summed E-state index contributed by atoms with van der Waals surface area (Å²) in [5, 5.41) is 44.0. The molecule has 0 amide bonds. The number of pyridine rings is 4. The maximum absolute atomic E-state index is 12.7. The first-order valence-corrected chi connectivity index (χ1v) is 18.0. The molecule has 6 aromatic heterocycles. The van der Waals surface area contributed by atoms with Crippen LogP contribution in [-0.2, 0) is 25.7 Å². The van der Waals surface area contributed by atoms with Gasteiger partial charge >= 0.3 is 43.6 Å². The van der Waals surface area contributed by atoms with Crippen LogP contribution in [0.25, 0.3) is 50.0 Å². The molecule has 300 valence electrons. The van der Waals surface area contributed by atoms with Crippen molar-refractivity contribution in [3.05, 3.63) is 113 Å². The third kappa shape index (κ3) is 12.5. The van der Waals surface area contributed by atoms with E-state index in [9.17, 15) is 32.7 Å². The van der Waals surface area contributed by atoms with E-state index in [0.717, 1.165) is 42.4 Å². The van der Waals surface area contributed by atoms with Gasteiger partial charge in [-0.2, -0.15) is 18.3 Å². The van der Waals surface area contributed by atoms with E-state index >= 15 is 0 Å². The molecule has 0 bridgehead atoms. The summed E-state index contributed by atoms with van der Waals surface area (Å²) in [7, 11) is 0. The normalized spacial score (nSPS) is 10.4. The minimum atomic E-state index is -4.50. The average molecular weight is 918 g/mol. The maximum atomic E-state index is 12.7. The molecule has 0 saturated carbocycles. The van der Waals surface area contributed by atoms with Crippen LogP contribution >= 0.6 is 23.6 Å². The standard InChI is InChI=1S/C19H20F3N4S.C18H11N3O6.CNS.Ru/c1-3-9-26(10-4-2)18-8-7-16(27-18)13-5-6-14(23-12-13)15-11-17(25-24-15)19(20,21)22;22-16(23)9-1-3-19-12(5-9)14-7-11(18(26)27)8-15(21-14)13-6-10(17(24)25)2-4-20-13;2-1-3;/h5-8,11-12H,3-4,9-10H2,1-2H3;1-8H,(H,22,23)(H,24,25)(H,26,27);;/q-1;;-1;+2. The van der Waals surface area contributed by atoms with Gasteiger partial charge in [0.1, 0.15) is 5.69 Å². The number of carbonyl (C=O) groups is 3. The van der Waals surface area contributed by atoms with Crippen LogP contribution in [-0.4, -0.2) is 76.5 Å². The Hall–Kier alpha value is -6.07. The monoisotopic (exact) mass is 918 g/mol. The van der Waals surface area contributed by atoms with Gasteiger partial charge in [-0.05, 0) is 79.6 Å². The van der Waals surface area contributed by atoms with Crippen LogP contribution in [0.15, 0.2) is 85.3 Å². The van der Waals surface area contributed by atoms with Crippen LogP contribution in [0.4, 0.5) is 18.2 Å². The van der Waals surface area contributed by atoms with Crippen molar-refractivity contribution in [2.45, 2.75) is 32.9 Å². The van der Waals surface area contributed by atoms with Gasteiger partial charge in [0, 0.05) is 47.8 Å². The van der Waals surface area contributed by atoms with Crippen LogP contribution < -0.4 is 10.00 Å². The molecule has 0 spiro atoms. The number of aromatic nitrogens is 6. The number of carboxylic acid groups (broad SMARTS) is 3. The SMILES string of the molecule is CCCN(CCC)c1ccc(-c2ccc(-c3cc(C(F)(F)F)n[n-]3)nc2)s1.O=C(O)c1ccnc(-c2cc(C(=O)O)cc(-c3cc(C(=O)O)ccn3)n2)c1.[N-]=C=S.[Ru+2]. The number of anilines is 1. The summed E-state index contributed by atoms with van der Waals surface area (Å²) in [6.45, 7) is 6.36. The average Bonchev–Trinajstić information content (AvgIpc) is 3.90. The number of rotatable bonds is 12. The number of thiocarbonyl (C=S) groups is 1. The number of hydrogen-bond acceptors (Lipinski definition) is 11. The molecule has 0 unspecified atom stereocenters. The van der Waals surface area contributed by atoms with Crippen molar-refractivity contribution in [2.75, 3.05) is 18.0 Å². The Bertz CT molecular complexity index is 2300. The van der Waals surface area contributed by atoms with Gasteiger partial charge in [0.25, 0.3) is 0 Å². The zero-order chi connectivity index (χ0) is 41.7. The largest absolute Gasteiger partial charge is 2.00 e. The van der Waals surface area contributed by atoms with Crippen LogP contribution in [0.1, 0.15) is 63.5 Å². The molecular weight excluding hydrogens is 887 g/mol. The number of carboxylic acids is 3. The molecule has 0 aromatic carbocycles. The Morgan fingerprint density at radius 3 is 1.72 bits per heavy atom. The molecule has 0 aliphatic heterocycles. The Balaban J connectivity index is 0.000000286. The van der Waals surface area contributed by atoms with E-state index in [4.69, 9.17) is 15.6 Å². The topological polar surface area (TPSA) is 216 Å². The third-order valence-electron chi connectivity index (χ3n) is 7.64. The van der Waals surface area contributed by atoms with Crippen LogP contribution in [0.5, 0.6) is 0 Å². The van der Waals surface area contributed by atoms with E-state index in [1.54, 1.807) is 23.6 Å². The second-order valence-corrected chi connectivity index (χ2v) is 12.9. The van der Waals surface area contributed by atoms with Gasteiger partial charge in [-0.25, -0.2) is 19.4 Å². The van der Waals surface area contributed by atoms with E-state index < -0.39 is 29.8 Å². The first-order chi connectivity index (χ1) is 27.2. The second-order valence-electron chi connectivity index (χ2n) is 11.7. The second kappa shape index (κ2) is 21.5. The van der Waals surface area contributed by atoms with Crippen molar-refractivity contribution < 1.29 is 62.4 Å². The molecule has 14 nitrogen and oxygen atoms in total. The van der Waals surface area contributed by atoms with Gasteiger partial charge in [0.05, 0.1) is 44.5 Å². The molecule has 0 aliphatic carbocycles. The van der Waals surface area contributed by atoms with Crippen molar-refractivity contribution in [1.29, 1.82) is 0 Å². The van der Waals surface area contributed by atoms with E-state index in [0.29, 0.717) is 5.69 Å². The number of hydrogen-bond donors (Lipinski definition) is 3. The van der Waals surface area contributed by atoms with Crippen LogP contribution in [0, 0.1) is 0 Å². The van der Waals surface area contributed by atoms with E-state index in [1.165, 1.54) is 59.0 Å². The molecule has 0 radical (unpaired) electrons. The van der Waals surface area contributed by atoms with Crippen molar-refractivity contribution >= 4 is 51.6 Å². The molecule has 6 rings (SSSR count). The number of thiophene rings is 1. The molecule has 0 fully saturated rings. The maximum Gasteiger partial charge on any atom is 2.00 e. The number of alkyl halides is 3. The van der Waals surface area contributed by atoms with E-state index in [1.807, 2.05) is 6.07 Å². The van der Waals surface area contributed by atoms with Gasteiger partial charge < -0.3 is 35.8 Å². The molecule has 0 aliphatic rings. The minimum Gasteiger partial charge on any atom is -0.753 e. The fourth-order valence-corrected chi connectivity index (χ4v) is 6.15. The van der Waals surface area contributed by atoms with Gasteiger partial charge in [0.2, 0.25) is 0 Å². The van der Waals surface area contributed by atoms with Crippen molar-refractivity contribution in [1.82, 2.24) is 30.1 Å². The Labute approximate surface area is 351 Å². The zero-order valence-corrected chi connectivity index (χ0v) is 33.7. The molecule has 58 heavy (non-hydrogen) atoms. The summed E-state index contributed by atoms with van der Waals surface area (Å²) in [6, 6.07) is 16.2. The summed E-state index contributed by atoms with van der Waals surface area (Å²) in [6.07, 6.45) is 1.89. The summed E-state index contributed by atoms with van der Waals surface area (Å²) in [5.74, 6) is -3.56. The molecule has 6 heterocycles. The Morgan fingerprint density at radius 1 is 0.776 bits per heavy atom. The third-order valence-corrected chi connectivity index (χ3v) is 8.84. The number of isothiocyanates is 1. The summed E-state index contributed by atoms with van der Waals surface area (Å²) < 4.78 is 38.0. The quantitative estimate of drug-likeness (QED) is 0.0597. The number of nitrogens with zero attached hydrogens (tertiary/aromatic N) is 8. The smallest absolute Gasteiger partial charge is 0.753 e.